The van der Waals surface area contributed by atoms with Gasteiger partial charge in [-0.1, -0.05) is 13.8 Å². The third-order valence-electron chi connectivity index (χ3n) is 2.89. The van der Waals surface area contributed by atoms with E-state index in [1.165, 1.54) is 7.11 Å². The number of esters is 1. The standard InChI is InChI=1S/C12H21NO3/c1-9(2)7-11(14)13-6-4-5-10(8-13)12(15)16-3/h9-10H,4-8H2,1-3H3. The third-order valence-corrected chi connectivity index (χ3v) is 2.89. The van der Waals surface area contributed by atoms with Gasteiger partial charge in [-0.3, -0.25) is 9.59 Å². The fraction of sp³-hybridized carbons (Fsp3) is 0.833. The number of nitrogens with zero attached hydrogens (tertiary/aromatic N) is 1. The van der Waals surface area contributed by atoms with Gasteiger partial charge in [-0.05, 0) is 18.8 Å². The molecule has 0 saturated carbocycles. The first kappa shape index (κ1) is 13.0. The third kappa shape index (κ3) is 3.51. The van der Waals surface area contributed by atoms with Crippen molar-refractivity contribution < 1.29 is 14.3 Å². The predicted octanol–water partition coefficient (Wildman–Crippen LogP) is 1.44. The van der Waals surface area contributed by atoms with E-state index in [0.29, 0.717) is 18.9 Å². The molecule has 0 aromatic carbocycles. The second kappa shape index (κ2) is 5.87. The highest BCUT2D eigenvalue weighted by Crippen LogP contribution is 2.19. The van der Waals surface area contributed by atoms with Crippen molar-refractivity contribution in [2.24, 2.45) is 11.8 Å². The van der Waals surface area contributed by atoms with Crippen LogP contribution < -0.4 is 0 Å². The highest BCUT2D eigenvalue weighted by Gasteiger charge is 2.28. The molecule has 1 fully saturated rings. The zero-order chi connectivity index (χ0) is 12.1. The van der Waals surface area contributed by atoms with Gasteiger partial charge in [-0.25, -0.2) is 0 Å². The molecule has 1 unspecified atom stereocenters. The average molecular weight is 227 g/mol. The summed E-state index contributed by atoms with van der Waals surface area (Å²) in [6.45, 7) is 5.36. The minimum absolute atomic E-state index is 0.130. The van der Waals surface area contributed by atoms with E-state index >= 15 is 0 Å². The second-order valence-electron chi connectivity index (χ2n) is 4.80. The highest BCUT2D eigenvalue weighted by molar-refractivity contribution is 5.78. The Morgan fingerprint density at radius 2 is 2.12 bits per heavy atom. The van der Waals surface area contributed by atoms with Crippen molar-refractivity contribution in [2.75, 3.05) is 20.2 Å². The Morgan fingerprint density at radius 1 is 1.44 bits per heavy atom. The van der Waals surface area contributed by atoms with Gasteiger partial charge in [0, 0.05) is 19.5 Å². The van der Waals surface area contributed by atoms with Crippen LogP contribution in [0.4, 0.5) is 0 Å². The summed E-state index contributed by atoms with van der Waals surface area (Å²) in [5, 5.41) is 0. The number of methoxy groups -OCH3 is 1. The van der Waals surface area contributed by atoms with Crippen molar-refractivity contribution in [3.05, 3.63) is 0 Å². The van der Waals surface area contributed by atoms with Gasteiger partial charge in [-0.15, -0.1) is 0 Å². The quantitative estimate of drug-likeness (QED) is 0.685. The molecular formula is C12H21NO3. The number of amides is 1. The Labute approximate surface area is 96.9 Å². The Balaban J connectivity index is 2.50. The topological polar surface area (TPSA) is 46.6 Å². The molecule has 0 aliphatic carbocycles. The minimum atomic E-state index is -0.193. The molecule has 0 radical (unpaired) electrons. The molecule has 4 heteroatoms. The first-order valence-corrected chi connectivity index (χ1v) is 5.90. The number of rotatable bonds is 3. The average Bonchev–Trinajstić information content (AvgIpc) is 2.27. The molecule has 1 aliphatic rings. The summed E-state index contributed by atoms with van der Waals surface area (Å²) in [5.74, 6) is 0.200. The van der Waals surface area contributed by atoms with Gasteiger partial charge in [0.05, 0.1) is 13.0 Å². The lowest BCUT2D eigenvalue weighted by molar-refractivity contribution is -0.149. The molecule has 1 atom stereocenters. The molecule has 92 valence electrons. The summed E-state index contributed by atoms with van der Waals surface area (Å²) in [4.78, 5) is 25.0. The fourth-order valence-corrected chi connectivity index (χ4v) is 2.04. The molecular weight excluding hydrogens is 206 g/mol. The van der Waals surface area contributed by atoms with Crippen molar-refractivity contribution in [3.8, 4) is 0 Å². The number of ether oxygens (including phenoxy) is 1. The first-order chi connectivity index (χ1) is 7.54. The number of hydrogen-bond acceptors (Lipinski definition) is 3. The molecule has 0 bridgehead atoms. The van der Waals surface area contributed by atoms with E-state index in [1.807, 2.05) is 13.8 Å². The van der Waals surface area contributed by atoms with Crippen LogP contribution in [-0.4, -0.2) is 37.0 Å². The molecule has 0 spiro atoms. The lowest BCUT2D eigenvalue weighted by Crippen LogP contribution is -2.42. The van der Waals surface area contributed by atoms with Gasteiger partial charge in [0.15, 0.2) is 0 Å². The van der Waals surface area contributed by atoms with Crippen molar-refractivity contribution in [2.45, 2.75) is 33.1 Å². The lowest BCUT2D eigenvalue weighted by atomic mass is 9.97. The maximum absolute atomic E-state index is 11.8. The number of piperidine rings is 1. The molecule has 1 heterocycles. The maximum atomic E-state index is 11.8. The van der Waals surface area contributed by atoms with Crippen molar-refractivity contribution >= 4 is 11.9 Å². The second-order valence-corrected chi connectivity index (χ2v) is 4.80. The normalized spacial score (nSPS) is 21.0. The summed E-state index contributed by atoms with van der Waals surface area (Å²) < 4.78 is 4.72. The molecule has 16 heavy (non-hydrogen) atoms. The van der Waals surface area contributed by atoms with E-state index in [0.717, 1.165) is 19.4 Å². The van der Waals surface area contributed by atoms with Crippen LogP contribution >= 0.6 is 0 Å². The van der Waals surface area contributed by atoms with E-state index in [9.17, 15) is 9.59 Å². The smallest absolute Gasteiger partial charge is 0.310 e. The van der Waals surface area contributed by atoms with Crippen molar-refractivity contribution in [3.63, 3.8) is 0 Å². The summed E-state index contributed by atoms with van der Waals surface area (Å²) in [5.41, 5.74) is 0. The monoisotopic (exact) mass is 227 g/mol. The number of carbonyl (C=O) groups excluding carboxylic acids is 2. The van der Waals surface area contributed by atoms with Crippen LogP contribution in [0.3, 0.4) is 0 Å². The number of carbonyl (C=O) groups is 2. The maximum Gasteiger partial charge on any atom is 0.310 e. The van der Waals surface area contributed by atoms with Crippen LogP contribution in [0.5, 0.6) is 0 Å². The molecule has 0 aromatic heterocycles. The largest absolute Gasteiger partial charge is 0.469 e. The predicted molar refractivity (Wildman–Crippen MR) is 60.8 cm³/mol. The molecule has 0 N–H and O–H groups in total. The van der Waals surface area contributed by atoms with E-state index < -0.39 is 0 Å². The van der Waals surface area contributed by atoms with Crippen LogP contribution in [0.15, 0.2) is 0 Å². The van der Waals surface area contributed by atoms with Crippen molar-refractivity contribution in [1.29, 1.82) is 0 Å². The Hall–Kier alpha value is -1.06. The van der Waals surface area contributed by atoms with E-state index in [2.05, 4.69) is 0 Å². The van der Waals surface area contributed by atoms with Gasteiger partial charge in [0.1, 0.15) is 0 Å². The molecule has 1 amide bonds. The molecule has 1 rings (SSSR count). The van der Waals surface area contributed by atoms with Crippen LogP contribution in [0.1, 0.15) is 33.1 Å². The number of hydrogen-bond donors (Lipinski definition) is 0. The first-order valence-electron chi connectivity index (χ1n) is 5.90. The van der Waals surface area contributed by atoms with E-state index in [1.54, 1.807) is 4.90 Å². The van der Waals surface area contributed by atoms with Crippen LogP contribution in [0, 0.1) is 11.8 Å². The van der Waals surface area contributed by atoms with Crippen LogP contribution in [0.25, 0.3) is 0 Å². The molecule has 4 nitrogen and oxygen atoms in total. The summed E-state index contributed by atoms with van der Waals surface area (Å²) in [7, 11) is 1.40. The van der Waals surface area contributed by atoms with E-state index in [-0.39, 0.29) is 17.8 Å². The molecule has 1 saturated heterocycles. The molecule has 0 aromatic rings. The van der Waals surface area contributed by atoms with E-state index in [4.69, 9.17) is 4.74 Å². The Morgan fingerprint density at radius 3 is 2.69 bits per heavy atom. The van der Waals surface area contributed by atoms with Crippen LogP contribution in [0.2, 0.25) is 0 Å². The number of likely N-dealkylation sites (tertiary alicyclic amines) is 1. The van der Waals surface area contributed by atoms with Gasteiger partial charge < -0.3 is 9.64 Å². The van der Waals surface area contributed by atoms with Gasteiger partial charge in [-0.2, -0.15) is 0 Å². The Bertz CT molecular complexity index is 263. The van der Waals surface area contributed by atoms with Gasteiger partial charge in [0.2, 0.25) is 5.91 Å². The summed E-state index contributed by atoms with van der Waals surface area (Å²) in [6, 6.07) is 0. The highest BCUT2D eigenvalue weighted by atomic mass is 16.5. The Kier molecular flexibility index (Phi) is 4.77. The summed E-state index contributed by atoms with van der Waals surface area (Å²) >= 11 is 0. The zero-order valence-corrected chi connectivity index (χ0v) is 10.4. The fourth-order valence-electron chi connectivity index (χ4n) is 2.04. The summed E-state index contributed by atoms with van der Waals surface area (Å²) in [6.07, 6.45) is 2.29. The minimum Gasteiger partial charge on any atom is -0.469 e. The van der Waals surface area contributed by atoms with Gasteiger partial charge >= 0.3 is 5.97 Å². The lowest BCUT2D eigenvalue weighted by Gasteiger charge is -2.31. The van der Waals surface area contributed by atoms with Gasteiger partial charge in [0.25, 0.3) is 0 Å². The SMILES string of the molecule is COC(=O)C1CCCN(C(=O)CC(C)C)C1. The van der Waals surface area contributed by atoms with Crippen molar-refractivity contribution in [1.82, 2.24) is 4.90 Å². The van der Waals surface area contributed by atoms with Crippen LogP contribution in [-0.2, 0) is 14.3 Å². The molecule has 1 aliphatic heterocycles. The zero-order valence-electron chi connectivity index (χ0n) is 10.4.